The molecule has 10 heteroatoms. The lowest BCUT2D eigenvalue weighted by Gasteiger charge is -2.26. The Balaban J connectivity index is 1.29. The standard InChI is InChI=1S/C30H34N8O2/c1-16(2)38-17(3)22(15-32-38)25-34-24-21(12-13-31-26(24)35-25)19-10-11-20-18(14-19)8-7-9-23(20)33-28(39)27-36-29(40-37-27)30(4,5)6/h10-16,23H,7-9H2,1-6H3,(H,33,39)(H,31,34,35)/t23-/m1/s1. The molecule has 1 atom stereocenters. The molecule has 2 N–H and O–H groups in total. The summed E-state index contributed by atoms with van der Waals surface area (Å²) in [5.41, 5.74) is 7.69. The van der Waals surface area contributed by atoms with Gasteiger partial charge in [0.15, 0.2) is 5.65 Å². The summed E-state index contributed by atoms with van der Waals surface area (Å²) in [5, 5.41) is 11.6. The molecular weight excluding hydrogens is 504 g/mol. The van der Waals surface area contributed by atoms with Gasteiger partial charge in [0, 0.05) is 28.9 Å². The van der Waals surface area contributed by atoms with Gasteiger partial charge in [-0.25, -0.2) is 9.97 Å². The van der Waals surface area contributed by atoms with Crippen LogP contribution in [0.25, 0.3) is 33.7 Å². The lowest BCUT2D eigenvalue weighted by Crippen LogP contribution is -2.31. The summed E-state index contributed by atoms with van der Waals surface area (Å²) in [4.78, 5) is 30.2. The third kappa shape index (κ3) is 4.57. The Morgan fingerprint density at radius 3 is 2.73 bits per heavy atom. The molecule has 6 rings (SSSR count). The molecular formula is C30H34N8O2. The third-order valence-corrected chi connectivity index (χ3v) is 7.52. The first kappa shape index (κ1) is 25.9. The first-order valence-electron chi connectivity index (χ1n) is 13.8. The molecule has 0 radical (unpaired) electrons. The molecule has 1 amide bonds. The minimum Gasteiger partial charge on any atom is -0.342 e. The third-order valence-electron chi connectivity index (χ3n) is 7.52. The van der Waals surface area contributed by atoms with Gasteiger partial charge in [0.25, 0.3) is 11.7 Å². The lowest BCUT2D eigenvalue weighted by atomic mass is 9.85. The summed E-state index contributed by atoms with van der Waals surface area (Å²) < 4.78 is 7.31. The van der Waals surface area contributed by atoms with Crippen molar-refractivity contribution in [2.24, 2.45) is 0 Å². The van der Waals surface area contributed by atoms with Crippen LogP contribution in [0.5, 0.6) is 0 Å². The quantitative estimate of drug-likeness (QED) is 0.287. The Labute approximate surface area is 232 Å². The Hall–Kier alpha value is -4.34. The van der Waals surface area contributed by atoms with Crippen LogP contribution in [0, 0.1) is 6.92 Å². The number of hydrogen-bond donors (Lipinski definition) is 2. The number of aromatic amines is 1. The summed E-state index contributed by atoms with van der Waals surface area (Å²) in [6.45, 7) is 12.2. The van der Waals surface area contributed by atoms with E-state index in [0.29, 0.717) is 5.89 Å². The normalized spacial score (nSPS) is 15.5. The van der Waals surface area contributed by atoms with E-state index in [9.17, 15) is 4.79 Å². The summed E-state index contributed by atoms with van der Waals surface area (Å²) in [5.74, 6) is 0.949. The first-order chi connectivity index (χ1) is 19.1. The molecule has 1 aliphatic carbocycles. The molecule has 1 aromatic carbocycles. The second-order valence-corrected chi connectivity index (χ2v) is 11.8. The second-order valence-electron chi connectivity index (χ2n) is 11.8. The van der Waals surface area contributed by atoms with Crippen LogP contribution in [-0.2, 0) is 11.8 Å². The Kier molecular flexibility index (Phi) is 6.28. The van der Waals surface area contributed by atoms with Gasteiger partial charge in [0.1, 0.15) is 11.3 Å². The number of carbonyl (C=O) groups is 1. The number of carbonyl (C=O) groups excluding carboxylic acids is 1. The average Bonchev–Trinajstić information content (AvgIpc) is 3.66. The topological polar surface area (TPSA) is 127 Å². The number of benzene rings is 1. The molecule has 206 valence electrons. The van der Waals surface area contributed by atoms with E-state index in [4.69, 9.17) is 9.51 Å². The predicted molar refractivity (Wildman–Crippen MR) is 152 cm³/mol. The van der Waals surface area contributed by atoms with Crippen LogP contribution >= 0.6 is 0 Å². The van der Waals surface area contributed by atoms with E-state index in [1.54, 1.807) is 0 Å². The molecule has 0 aliphatic heterocycles. The number of nitrogens with one attached hydrogen (secondary N) is 2. The number of nitrogens with zero attached hydrogens (tertiary/aromatic N) is 6. The fourth-order valence-electron chi connectivity index (χ4n) is 5.42. The van der Waals surface area contributed by atoms with Crippen LogP contribution in [0.4, 0.5) is 0 Å². The van der Waals surface area contributed by atoms with Gasteiger partial charge in [-0.15, -0.1) is 0 Å². The van der Waals surface area contributed by atoms with Crippen molar-refractivity contribution in [3.63, 3.8) is 0 Å². The van der Waals surface area contributed by atoms with Crippen molar-refractivity contribution >= 4 is 17.1 Å². The summed E-state index contributed by atoms with van der Waals surface area (Å²) in [7, 11) is 0. The summed E-state index contributed by atoms with van der Waals surface area (Å²) in [6.07, 6.45) is 6.44. The van der Waals surface area contributed by atoms with Crippen molar-refractivity contribution in [3.05, 3.63) is 65.2 Å². The fourth-order valence-corrected chi connectivity index (χ4v) is 5.42. The van der Waals surface area contributed by atoms with E-state index >= 15 is 0 Å². The van der Waals surface area contributed by atoms with Gasteiger partial charge in [-0.2, -0.15) is 10.1 Å². The number of fused-ring (bicyclic) bond motifs is 2. The number of imidazole rings is 1. The van der Waals surface area contributed by atoms with Gasteiger partial charge in [0.05, 0.1) is 17.8 Å². The zero-order valence-corrected chi connectivity index (χ0v) is 23.7. The largest absolute Gasteiger partial charge is 0.342 e. The van der Waals surface area contributed by atoms with E-state index in [2.05, 4.69) is 69.5 Å². The minimum absolute atomic E-state index is 0.0661. The van der Waals surface area contributed by atoms with E-state index in [1.807, 2.05) is 43.9 Å². The maximum atomic E-state index is 13.0. The molecule has 40 heavy (non-hydrogen) atoms. The molecule has 0 bridgehead atoms. The number of aryl methyl sites for hydroxylation is 1. The van der Waals surface area contributed by atoms with Crippen molar-refractivity contribution in [3.8, 4) is 22.5 Å². The fraction of sp³-hybridized carbons (Fsp3) is 0.400. The number of pyridine rings is 1. The van der Waals surface area contributed by atoms with Gasteiger partial charge >= 0.3 is 0 Å². The number of rotatable bonds is 5. The highest BCUT2D eigenvalue weighted by atomic mass is 16.5. The Morgan fingerprint density at radius 2 is 2.00 bits per heavy atom. The monoisotopic (exact) mass is 538 g/mol. The Morgan fingerprint density at radius 1 is 1.18 bits per heavy atom. The van der Waals surface area contributed by atoms with Crippen LogP contribution in [0.2, 0.25) is 0 Å². The van der Waals surface area contributed by atoms with E-state index in [1.165, 1.54) is 5.56 Å². The van der Waals surface area contributed by atoms with Gasteiger partial charge < -0.3 is 14.8 Å². The molecule has 4 aromatic heterocycles. The van der Waals surface area contributed by atoms with Gasteiger partial charge in [-0.1, -0.05) is 44.1 Å². The van der Waals surface area contributed by atoms with Crippen molar-refractivity contribution in [1.29, 1.82) is 0 Å². The molecule has 0 saturated carbocycles. The number of amides is 1. The molecule has 0 spiro atoms. The highest BCUT2D eigenvalue weighted by Gasteiger charge is 2.28. The van der Waals surface area contributed by atoms with Crippen LogP contribution in [-0.4, -0.2) is 40.8 Å². The van der Waals surface area contributed by atoms with Crippen LogP contribution in [0.3, 0.4) is 0 Å². The molecule has 0 unspecified atom stereocenters. The smallest absolute Gasteiger partial charge is 0.293 e. The SMILES string of the molecule is Cc1c(-c2nc3c(-c4ccc5c(c4)CCC[C@H]5NC(=O)c4noc(C(C)(C)C)n4)ccnc3[nH]2)cnn1C(C)C. The van der Waals surface area contributed by atoms with Crippen molar-refractivity contribution < 1.29 is 9.32 Å². The highest BCUT2D eigenvalue weighted by Crippen LogP contribution is 2.35. The van der Waals surface area contributed by atoms with Crippen molar-refractivity contribution in [2.45, 2.75) is 78.3 Å². The molecule has 0 fully saturated rings. The average molecular weight is 539 g/mol. The number of aromatic nitrogens is 7. The zero-order chi connectivity index (χ0) is 28.2. The number of H-pyrrole nitrogens is 1. The molecule has 4 heterocycles. The molecule has 10 nitrogen and oxygen atoms in total. The maximum absolute atomic E-state index is 13.0. The predicted octanol–water partition coefficient (Wildman–Crippen LogP) is 5.87. The van der Waals surface area contributed by atoms with Gasteiger partial charge in [-0.05, 0) is 62.8 Å². The van der Waals surface area contributed by atoms with Crippen molar-refractivity contribution in [2.75, 3.05) is 0 Å². The molecule has 5 aromatic rings. The van der Waals surface area contributed by atoms with Crippen LogP contribution in [0.1, 0.15) is 92.9 Å². The lowest BCUT2D eigenvalue weighted by molar-refractivity contribution is 0.0919. The second kappa shape index (κ2) is 9.69. The van der Waals surface area contributed by atoms with Crippen molar-refractivity contribution in [1.82, 2.24) is 40.2 Å². The summed E-state index contributed by atoms with van der Waals surface area (Å²) >= 11 is 0. The Bertz CT molecular complexity index is 1720. The van der Waals surface area contributed by atoms with E-state index < -0.39 is 0 Å². The van der Waals surface area contributed by atoms with Crippen LogP contribution in [0.15, 0.2) is 41.2 Å². The van der Waals surface area contributed by atoms with E-state index in [0.717, 1.165) is 64.2 Å². The highest BCUT2D eigenvalue weighted by molar-refractivity contribution is 5.92. The first-order valence-corrected chi connectivity index (χ1v) is 13.8. The minimum atomic E-state index is -0.322. The zero-order valence-electron chi connectivity index (χ0n) is 23.7. The van der Waals surface area contributed by atoms with E-state index in [-0.39, 0.29) is 29.2 Å². The van der Waals surface area contributed by atoms with Crippen LogP contribution < -0.4 is 5.32 Å². The van der Waals surface area contributed by atoms with Gasteiger partial charge in [-0.3, -0.25) is 9.48 Å². The molecule has 1 aliphatic rings. The maximum Gasteiger partial charge on any atom is 0.293 e. The number of hydrogen-bond acceptors (Lipinski definition) is 7. The molecule has 0 saturated heterocycles. The van der Waals surface area contributed by atoms with Gasteiger partial charge in [0.2, 0.25) is 5.89 Å². The summed E-state index contributed by atoms with van der Waals surface area (Å²) in [6, 6.07) is 8.58.